The van der Waals surface area contributed by atoms with Gasteiger partial charge < -0.3 is 19.1 Å². The Hall–Kier alpha value is -3.86. The van der Waals surface area contributed by atoms with E-state index in [4.69, 9.17) is 13.8 Å². The maximum atomic E-state index is 7.99. The van der Waals surface area contributed by atoms with Gasteiger partial charge in [0, 0.05) is 59.8 Å². The number of ether oxygens (including phenoxy) is 1. The number of anilines is 3. The zero-order chi connectivity index (χ0) is 29.9. The fourth-order valence-electron chi connectivity index (χ4n) is 5.24. The zero-order valence-electron chi connectivity index (χ0n) is 25.8. The second kappa shape index (κ2) is 10.5. The molecule has 0 unspecified atom stereocenters. The van der Waals surface area contributed by atoms with Crippen LogP contribution in [0.4, 0.5) is 17.1 Å². The molecule has 41 heavy (non-hydrogen) atoms. The third-order valence-corrected chi connectivity index (χ3v) is 9.30. The van der Waals surface area contributed by atoms with E-state index in [-0.39, 0.29) is 21.1 Å². The van der Waals surface area contributed by atoms with Crippen LogP contribution in [0.2, 0.25) is 19.6 Å². The minimum atomic E-state index is -2.31. The van der Waals surface area contributed by atoms with Crippen LogP contribution in [0.15, 0.2) is 97.2 Å². The van der Waals surface area contributed by atoms with Crippen LogP contribution in [0, 0.1) is 18.8 Å². The Balaban J connectivity index is 0.00000343. The van der Waals surface area contributed by atoms with Gasteiger partial charge in [-0.3, -0.25) is 0 Å². The van der Waals surface area contributed by atoms with Crippen molar-refractivity contribution in [1.29, 1.82) is 0 Å². The van der Waals surface area contributed by atoms with E-state index >= 15 is 0 Å². The van der Waals surface area contributed by atoms with E-state index < -0.39 is 15.0 Å². The first kappa shape index (κ1) is 23.8. The molecular weight excluding hydrogens is 704 g/mol. The fourth-order valence-corrected chi connectivity index (χ4v) is 6.37. The largest absolute Gasteiger partial charge is 0.509 e. The second-order valence-corrected chi connectivity index (χ2v) is 16.0. The summed E-state index contributed by atoms with van der Waals surface area (Å²) in [7, 11) is -1.56. The zero-order valence-corrected chi connectivity index (χ0v) is 26.1. The average Bonchev–Trinajstić information content (AvgIpc) is 3.53. The molecule has 5 nitrogen and oxygen atoms in total. The Kier molecular flexibility index (Phi) is 6.10. The Bertz CT molecular complexity index is 2000. The third kappa shape index (κ3) is 4.85. The summed E-state index contributed by atoms with van der Waals surface area (Å²) < 4.78 is 32.4. The monoisotopic (exact) mass is 735 g/mol. The topological polar surface area (TPSA) is 33.5 Å². The third-order valence-electron chi connectivity index (χ3n) is 7.26. The van der Waals surface area contributed by atoms with E-state index in [1.165, 1.54) is 10.1 Å². The molecular formula is C34H29N4OPtSi-3. The van der Waals surface area contributed by atoms with Gasteiger partial charge in [0.05, 0.1) is 8.07 Å². The van der Waals surface area contributed by atoms with Crippen LogP contribution in [-0.2, 0) is 21.1 Å². The average molecular weight is 736 g/mol. The minimum Gasteiger partial charge on any atom is -0.509 e. The van der Waals surface area contributed by atoms with Gasteiger partial charge >= 0.3 is 0 Å². The van der Waals surface area contributed by atoms with Crippen molar-refractivity contribution >= 4 is 52.1 Å². The van der Waals surface area contributed by atoms with Crippen molar-refractivity contribution in [2.24, 2.45) is 0 Å². The van der Waals surface area contributed by atoms with Crippen molar-refractivity contribution in [2.45, 2.75) is 19.6 Å². The molecule has 0 saturated carbocycles. The van der Waals surface area contributed by atoms with Gasteiger partial charge in [0.15, 0.2) is 0 Å². The molecule has 0 radical (unpaired) electrons. The normalized spacial score (nSPS) is 14.4. The number of pyridine rings is 1. The van der Waals surface area contributed by atoms with E-state index in [1.54, 1.807) is 12.7 Å². The standard InChI is InChI=1S/C34H29N4OSi.Pt/c1-36-23-37(32-15-8-7-14-31(32)36)24-10-9-11-25(20-24)39-26-16-17-29-28-12-5-6-13-30(28)38(33(29)21-26)34-22-27(18-19-35-34)40(2,3)4;/h5-19,22-23H,1-4H3;/q-3;/i1D3;. The maximum Gasteiger partial charge on any atom is 0.135 e. The number of fused-ring (bicyclic) bond motifs is 4. The van der Waals surface area contributed by atoms with Crippen molar-refractivity contribution < 1.29 is 29.9 Å². The molecule has 0 N–H and O–H groups in total. The van der Waals surface area contributed by atoms with Gasteiger partial charge in [0.2, 0.25) is 0 Å². The summed E-state index contributed by atoms with van der Waals surface area (Å²) in [4.78, 5) is 7.89. The van der Waals surface area contributed by atoms with Crippen LogP contribution in [-0.4, -0.2) is 24.6 Å². The summed E-state index contributed by atoms with van der Waals surface area (Å²) in [5.74, 6) is 1.89. The van der Waals surface area contributed by atoms with Crippen LogP contribution >= 0.6 is 0 Å². The van der Waals surface area contributed by atoms with Gasteiger partial charge in [-0.2, -0.15) is 18.8 Å². The number of rotatable bonds is 5. The van der Waals surface area contributed by atoms with Crippen molar-refractivity contribution in [3.05, 3.63) is 116 Å². The molecule has 3 heterocycles. The van der Waals surface area contributed by atoms with Crippen LogP contribution in [0.3, 0.4) is 0 Å². The van der Waals surface area contributed by atoms with Gasteiger partial charge in [-0.15, -0.1) is 41.4 Å². The van der Waals surface area contributed by atoms with E-state index in [0.29, 0.717) is 22.9 Å². The summed E-state index contributed by atoms with van der Waals surface area (Å²) in [6.07, 6.45) is 1.89. The number of nitrogens with zero attached hydrogens (tertiary/aromatic N) is 4. The Morgan fingerprint density at radius 3 is 2.44 bits per heavy atom. The molecule has 0 aliphatic carbocycles. The predicted molar refractivity (Wildman–Crippen MR) is 167 cm³/mol. The molecule has 0 bridgehead atoms. The van der Waals surface area contributed by atoms with E-state index in [2.05, 4.69) is 66.7 Å². The van der Waals surface area contributed by atoms with E-state index in [1.807, 2.05) is 65.7 Å². The Morgan fingerprint density at radius 1 is 0.829 bits per heavy atom. The van der Waals surface area contributed by atoms with Crippen LogP contribution < -0.4 is 19.7 Å². The summed E-state index contributed by atoms with van der Waals surface area (Å²) in [6, 6.07) is 36.4. The second-order valence-electron chi connectivity index (χ2n) is 10.9. The maximum absolute atomic E-state index is 7.99. The molecule has 1 aliphatic heterocycles. The van der Waals surface area contributed by atoms with Gasteiger partial charge in [0.1, 0.15) is 5.82 Å². The first-order valence-electron chi connectivity index (χ1n) is 14.7. The fraction of sp³-hybridized carbons (Fsp3) is 0.118. The van der Waals surface area contributed by atoms with Crippen LogP contribution in [0.5, 0.6) is 11.5 Å². The van der Waals surface area contributed by atoms with E-state index in [9.17, 15) is 0 Å². The SMILES string of the molecule is [2H]C([2H])([2H])N1[CH-]N(c2[c-]c(Oc3[c-]c4c(cc3)c3ccccc3n4-c3cc([Si](C)(C)C)ccn3)ccc2)c2ccccc21.[Pt]. The number of hydrogen-bond acceptors (Lipinski definition) is 4. The smallest absolute Gasteiger partial charge is 0.135 e. The van der Waals surface area contributed by atoms with Crippen molar-refractivity contribution in [3.63, 3.8) is 0 Å². The van der Waals surface area contributed by atoms with Crippen LogP contribution in [0.25, 0.3) is 27.6 Å². The Morgan fingerprint density at radius 2 is 1.61 bits per heavy atom. The molecule has 0 amide bonds. The number of aromatic nitrogens is 2. The van der Waals surface area contributed by atoms with E-state index in [0.717, 1.165) is 33.3 Å². The van der Waals surface area contributed by atoms with Gasteiger partial charge in [-0.25, -0.2) is 4.98 Å². The summed E-state index contributed by atoms with van der Waals surface area (Å²) >= 11 is 0. The van der Waals surface area contributed by atoms with Gasteiger partial charge in [-0.05, 0) is 42.7 Å². The number of benzene rings is 4. The first-order chi connectivity index (χ1) is 20.6. The summed E-state index contributed by atoms with van der Waals surface area (Å²) in [6.45, 7) is 6.27. The van der Waals surface area contributed by atoms with Crippen molar-refractivity contribution in [1.82, 2.24) is 9.55 Å². The van der Waals surface area contributed by atoms with Crippen molar-refractivity contribution in [2.75, 3.05) is 16.8 Å². The molecule has 7 heteroatoms. The molecule has 0 saturated heterocycles. The molecule has 1 aliphatic rings. The molecule has 208 valence electrons. The van der Waals surface area contributed by atoms with Crippen LogP contribution in [0.1, 0.15) is 4.11 Å². The summed E-state index contributed by atoms with van der Waals surface area (Å²) in [5, 5.41) is 3.52. The number of hydrogen-bond donors (Lipinski definition) is 0. The first-order valence-corrected chi connectivity index (χ1v) is 16.7. The van der Waals surface area contributed by atoms with Crippen molar-refractivity contribution in [3.8, 4) is 17.3 Å². The molecule has 6 aromatic rings. The quantitative estimate of drug-likeness (QED) is 0.134. The molecule has 2 aromatic heterocycles. The van der Waals surface area contributed by atoms with Gasteiger partial charge in [0.25, 0.3) is 0 Å². The molecule has 0 atom stereocenters. The molecule has 0 fully saturated rings. The minimum absolute atomic E-state index is 0. The molecule has 4 aromatic carbocycles. The van der Waals surface area contributed by atoms with Gasteiger partial charge in [-0.1, -0.05) is 60.7 Å². The molecule has 0 spiro atoms. The summed E-state index contributed by atoms with van der Waals surface area (Å²) in [5.41, 5.74) is 3.98. The predicted octanol–water partition coefficient (Wildman–Crippen LogP) is 7.82. The number of para-hydroxylation sites is 3. The molecule has 7 rings (SSSR count). The Labute approximate surface area is 260 Å².